The van der Waals surface area contributed by atoms with Crippen LogP contribution in [0.3, 0.4) is 0 Å². The van der Waals surface area contributed by atoms with Gasteiger partial charge in [-0.1, -0.05) is 48.2 Å². The van der Waals surface area contributed by atoms with E-state index in [0.29, 0.717) is 5.92 Å². The lowest BCUT2D eigenvalue weighted by molar-refractivity contribution is 0.196. The van der Waals surface area contributed by atoms with Gasteiger partial charge >= 0.3 is 0 Å². The average Bonchev–Trinajstić information content (AvgIpc) is 2.72. The Balaban J connectivity index is 1.73. The fourth-order valence-corrected chi connectivity index (χ4v) is 5.12. The molecular formula is C20H23NS. The van der Waals surface area contributed by atoms with Crippen LogP contribution in [0.2, 0.25) is 0 Å². The Morgan fingerprint density at radius 2 is 1.59 bits per heavy atom. The molecular weight excluding hydrogens is 286 g/mol. The SMILES string of the molecule is CN1CCC(C2Cc3ccccc3Sc3ccccc32)CC1. The zero-order valence-corrected chi connectivity index (χ0v) is 14.0. The molecule has 0 saturated carbocycles. The number of piperidine rings is 1. The molecule has 22 heavy (non-hydrogen) atoms. The molecule has 0 spiro atoms. The number of hydrogen-bond acceptors (Lipinski definition) is 2. The molecule has 2 heterocycles. The van der Waals surface area contributed by atoms with Gasteiger partial charge in [-0.3, -0.25) is 0 Å². The van der Waals surface area contributed by atoms with Crippen molar-refractivity contribution in [3.05, 3.63) is 59.7 Å². The van der Waals surface area contributed by atoms with E-state index in [4.69, 9.17) is 0 Å². The van der Waals surface area contributed by atoms with Crippen molar-refractivity contribution in [1.29, 1.82) is 0 Å². The summed E-state index contributed by atoms with van der Waals surface area (Å²) in [7, 11) is 2.25. The van der Waals surface area contributed by atoms with E-state index < -0.39 is 0 Å². The molecule has 0 N–H and O–H groups in total. The van der Waals surface area contributed by atoms with Gasteiger partial charge in [0.25, 0.3) is 0 Å². The first-order chi connectivity index (χ1) is 10.8. The molecule has 2 aromatic rings. The average molecular weight is 309 g/mol. The first-order valence-corrected chi connectivity index (χ1v) is 9.16. The number of fused-ring (bicyclic) bond motifs is 2. The molecule has 1 atom stereocenters. The summed E-state index contributed by atoms with van der Waals surface area (Å²) in [6.07, 6.45) is 3.87. The highest BCUT2D eigenvalue weighted by atomic mass is 32.2. The van der Waals surface area contributed by atoms with E-state index in [1.165, 1.54) is 47.7 Å². The highest BCUT2D eigenvalue weighted by Gasteiger charge is 2.30. The summed E-state index contributed by atoms with van der Waals surface area (Å²) in [5.74, 6) is 1.50. The molecule has 1 unspecified atom stereocenters. The Labute approximate surface area is 137 Å². The van der Waals surface area contributed by atoms with Crippen molar-refractivity contribution in [2.75, 3.05) is 20.1 Å². The van der Waals surface area contributed by atoms with Crippen LogP contribution < -0.4 is 0 Å². The largest absolute Gasteiger partial charge is 0.306 e. The zero-order chi connectivity index (χ0) is 14.9. The van der Waals surface area contributed by atoms with E-state index >= 15 is 0 Å². The smallest absolute Gasteiger partial charge is 0.0157 e. The maximum atomic E-state index is 2.47. The van der Waals surface area contributed by atoms with Gasteiger partial charge in [0, 0.05) is 9.79 Å². The summed E-state index contributed by atoms with van der Waals surface area (Å²) in [5, 5.41) is 0. The second kappa shape index (κ2) is 6.10. The summed E-state index contributed by atoms with van der Waals surface area (Å²) in [5.41, 5.74) is 3.12. The van der Waals surface area contributed by atoms with Gasteiger partial charge in [0.1, 0.15) is 0 Å². The highest BCUT2D eigenvalue weighted by Crippen LogP contribution is 2.45. The molecule has 2 heteroatoms. The van der Waals surface area contributed by atoms with Gasteiger partial charge in [0.2, 0.25) is 0 Å². The minimum atomic E-state index is 0.682. The molecule has 1 nitrogen and oxygen atoms in total. The Morgan fingerprint density at radius 1 is 0.909 bits per heavy atom. The molecule has 1 fully saturated rings. The number of hydrogen-bond donors (Lipinski definition) is 0. The third kappa shape index (κ3) is 2.70. The van der Waals surface area contributed by atoms with Gasteiger partial charge in [0.15, 0.2) is 0 Å². The fourth-order valence-electron chi connectivity index (χ4n) is 3.97. The minimum absolute atomic E-state index is 0.682. The predicted molar refractivity (Wildman–Crippen MR) is 93.7 cm³/mol. The predicted octanol–water partition coefficient (Wildman–Crippen LogP) is 4.82. The normalized spacial score (nSPS) is 22.7. The first-order valence-electron chi connectivity index (χ1n) is 8.34. The Bertz CT molecular complexity index is 658. The topological polar surface area (TPSA) is 3.24 Å². The number of benzene rings is 2. The maximum Gasteiger partial charge on any atom is 0.0157 e. The molecule has 2 aromatic carbocycles. The van der Waals surface area contributed by atoms with Gasteiger partial charge in [-0.2, -0.15) is 0 Å². The Morgan fingerprint density at radius 3 is 2.41 bits per heavy atom. The second-order valence-corrected chi connectivity index (χ2v) is 7.78. The molecule has 0 radical (unpaired) electrons. The van der Waals surface area contributed by atoms with Crippen molar-refractivity contribution in [3.63, 3.8) is 0 Å². The van der Waals surface area contributed by atoms with Crippen LogP contribution in [0.1, 0.15) is 29.9 Å². The molecule has 2 aliphatic heterocycles. The first kappa shape index (κ1) is 14.3. The van der Waals surface area contributed by atoms with Crippen LogP contribution in [-0.4, -0.2) is 25.0 Å². The third-order valence-corrected chi connectivity index (χ3v) is 6.49. The van der Waals surface area contributed by atoms with E-state index in [9.17, 15) is 0 Å². The summed E-state index contributed by atoms with van der Waals surface area (Å²) >= 11 is 1.96. The van der Waals surface area contributed by atoms with Crippen molar-refractivity contribution in [3.8, 4) is 0 Å². The maximum absolute atomic E-state index is 2.47. The summed E-state index contributed by atoms with van der Waals surface area (Å²) in [6, 6.07) is 18.1. The van der Waals surface area contributed by atoms with Crippen molar-refractivity contribution < 1.29 is 0 Å². The highest BCUT2D eigenvalue weighted by molar-refractivity contribution is 7.99. The summed E-state index contributed by atoms with van der Waals surface area (Å²) in [4.78, 5) is 5.39. The molecule has 1 saturated heterocycles. The minimum Gasteiger partial charge on any atom is -0.306 e. The van der Waals surface area contributed by atoms with Crippen molar-refractivity contribution in [2.24, 2.45) is 5.92 Å². The standard InChI is InChI=1S/C20H23NS/c1-21-12-10-15(11-13-21)18-14-16-6-2-4-8-19(16)22-20-9-5-3-7-17(18)20/h2-9,15,18H,10-14H2,1H3. The second-order valence-electron chi connectivity index (χ2n) is 6.70. The van der Waals surface area contributed by atoms with Gasteiger partial charge < -0.3 is 4.90 Å². The molecule has 0 bridgehead atoms. The van der Waals surface area contributed by atoms with E-state index in [1.807, 2.05) is 11.8 Å². The van der Waals surface area contributed by atoms with Crippen LogP contribution >= 0.6 is 11.8 Å². The Kier molecular flexibility index (Phi) is 3.98. The molecule has 0 aromatic heterocycles. The fraction of sp³-hybridized carbons (Fsp3) is 0.400. The molecule has 0 amide bonds. The van der Waals surface area contributed by atoms with Gasteiger partial charge in [-0.05, 0) is 74.5 Å². The van der Waals surface area contributed by atoms with Crippen LogP contribution in [0.5, 0.6) is 0 Å². The van der Waals surface area contributed by atoms with Crippen LogP contribution in [0, 0.1) is 5.92 Å². The summed E-state index contributed by atoms with van der Waals surface area (Å²) in [6.45, 7) is 2.50. The lowest BCUT2D eigenvalue weighted by Crippen LogP contribution is -2.33. The van der Waals surface area contributed by atoms with Gasteiger partial charge in [-0.25, -0.2) is 0 Å². The van der Waals surface area contributed by atoms with E-state index in [1.54, 1.807) is 5.56 Å². The third-order valence-electron chi connectivity index (χ3n) is 5.28. The molecule has 0 aliphatic carbocycles. The molecule has 114 valence electrons. The van der Waals surface area contributed by atoms with Crippen LogP contribution in [0.4, 0.5) is 0 Å². The number of nitrogens with zero attached hydrogens (tertiary/aromatic N) is 1. The molecule has 2 aliphatic rings. The quantitative estimate of drug-likeness (QED) is 0.743. The van der Waals surface area contributed by atoms with E-state index in [-0.39, 0.29) is 0 Å². The summed E-state index contributed by atoms with van der Waals surface area (Å²) < 4.78 is 0. The van der Waals surface area contributed by atoms with Crippen LogP contribution in [0.15, 0.2) is 58.3 Å². The lowest BCUT2D eigenvalue weighted by Gasteiger charge is -2.34. The van der Waals surface area contributed by atoms with Gasteiger partial charge in [0.05, 0.1) is 0 Å². The number of rotatable bonds is 1. The van der Waals surface area contributed by atoms with Crippen LogP contribution in [0.25, 0.3) is 0 Å². The van der Waals surface area contributed by atoms with Gasteiger partial charge in [-0.15, -0.1) is 0 Å². The van der Waals surface area contributed by atoms with Crippen molar-refractivity contribution in [1.82, 2.24) is 4.90 Å². The monoisotopic (exact) mass is 309 g/mol. The van der Waals surface area contributed by atoms with E-state index in [0.717, 1.165) is 5.92 Å². The Hall–Kier alpha value is -1.25. The van der Waals surface area contributed by atoms with Crippen molar-refractivity contribution >= 4 is 11.8 Å². The molecule has 4 rings (SSSR count). The van der Waals surface area contributed by atoms with Crippen LogP contribution in [-0.2, 0) is 6.42 Å². The van der Waals surface area contributed by atoms with E-state index in [2.05, 4.69) is 60.5 Å². The van der Waals surface area contributed by atoms with Crippen molar-refractivity contribution in [2.45, 2.75) is 35.0 Å². The number of likely N-dealkylation sites (tertiary alicyclic amines) is 1. The zero-order valence-electron chi connectivity index (χ0n) is 13.2. The lowest BCUT2D eigenvalue weighted by atomic mass is 9.77.